The predicted molar refractivity (Wildman–Crippen MR) is 38.5 cm³/mol. The molecule has 0 aromatic rings. The van der Waals surface area contributed by atoms with Gasteiger partial charge in [-0.25, -0.2) is 13.2 Å². The smallest absolute Gasteiger partial charge is 0.230 e. The van der Waals surface area contributed by atoms with Gasteiger partial charge in [0.2, 0.25) is 5.67 Å². The molecule has 2 atom stereocenters. The molecule has 9 heteroatoms. The lowest BCUT2D eigenvalue weighted by Gasteiger charge is -2.51. The third-order valence-corrected chi connectivity index (χ3v) is 3.12. The molecule has 1 unspecified atom stereocenters. The van der Waals surface area contributed by atoms with Crippen LogP contribution in [0.2, 0.25) is 0 Å². The zero-order valence-corrected chi connectivity index (χ0v) is 8.48. The first kappa shape index (κ1) is 14.4. The van der Waals surface area contributed by atoms with E-state index in [2.05, 4.69) is 0 Å². The fraction of sp³-hybridized carbons (Fsp3) is 1.00. The Morgan fingerprint density at radius 3 is 1.35 bits per heavy atom. The summed E-state index contributed by atoms with van der Waals surface area (Å²) in [5.74, 6) is -26.9. The van der Waals surface area contributed by atoms with Gasteiger partial charge in [-0.05, 0) is 6.92 Å². The molecule has 0 aromatic carbocycles. The van der Waals surface area contributed by atoms with Gasteiger partial charge in [-0.15, -0.1) is 0 Å². The molecule has 0 heterocycles. The highest BCUT2D eigenvalue weighted by atomic mass is 19.4. The summed E-state index contributed by atoms with van der Waals surface area (Å²) in [5.41, 5.74) is -5.06. The lowest BCUT2D eigenvalue weighted by Crippen LogP contribution is -2.77. The van der Waals surface area contributed by atoms with Crippen molar-refractivity contribution >= 4 is 0 Å². The molecular weight excluding hydrogens is 267 g/mol. The summed E-state index contributed by atoms with van der Waals surface area (Å²) in [7, 11) is 0. The molecule has 17 heavy (non-hydrogen) atoms. The van der Waals surface area contributed by atoms with Crippen LogP contribution in [0.1, 0.15) is 13.8 Å². The van der Waals surface area contributed by atoms with E-state index in [0.717, 1.165) is 0 Å². The van der Waals surface area contributed by atoms with Gasteiger partial charge in [-0.2, -0.15) is 26.3 Å². The first-order valence-corrected chi connectivity index (χ1v) is 4.36. The average Bonchev–Trinajstić information content (AvgIpc) is 2.13. The van der Waals surface area contributed by atoms with Gasteiger partial charge in [0, 0.05) is 0 Å². The van der Waals surface area contributed by atoms with E-state index in [1.54, 1.807) is 0 Å². The highest BCUT2D eigenvalue weighted by Gasteiger charge is 2.91. The van der Waals surface area contributed by atoms with Crippen LogP contribution in [0.3, 0.4) is 0 Å². The zero-order valence-electron chi connectivity index (χ0n) is 8.48. The van der Waals surface area contributed by atoms with Crippen molar-refractivity contribution in [2.45, 2.75) is 43.2 Å². The number of rotatable bonds is 0. The molecule has 0 aromatic heterocycles. The summed E-state index contributed by atoms with van der Waals surface area (Å²) in [6.45, 7) is -0.604. The Hall–Kier alpha value is -0.630. The van der Waals surface area contributed by atoms with Gasteiger partial charge >= 0.3 is 17.8 Å². The lowest BCUT2D eigenvalue weighted by molar-refractivity contribution is -0.431. The van der Waals surface area contributed by atoms with E-state index in [9.17, 15) is 39.5 Å². The largest absolute Gasteiger partial charge is 0.375 e. The van der Waals surface area contributed by atoms with Crippen molar-refractivity contribution in [1.82, 2.24) is 0 Å². The summed E-state index contributed by atoms with van der Waals surface area (Å²) in [5, 5.41) is 0. The van der Waals surface area contributed by atoms with Crippen molar-refractivity contribution < 1.29 is 39.5 Å². The summed E-state index contributed by atoms with van der Waals surface area (Å²) in [4.78, 5) is 0. The van der Waals surface area contributed by atoms with Crippen LogP contribution in [0.5, 0.6) is 0 Å². The van der Waals surface area contributed by atoms with Gasteiger partial charge in [-0.1, -0.05) is 6.92 Å². The molecule has 0 spiro atoms. The Balaban J connectivity index is 3.56. The Kier molecular flexibility index (Phi) is 2.57. The molecule has 0 nitrogen and oxygen atoms in total. The van der Waals surface area contributed by atoms with Crippen LogP contribution >= 0.6 is 0 Å². The minimum atomic E-state index is -6.19. The molecule has 0 radical (unpaired) electrons. The van der Waals surface area contributed by atoms with Crippen LogP contribution in [0.15, 0.2) is 0 Å². The molecule has 1 rings (SSSR count). The molecule has 0 aliphatic heterocycles. The van der Waals surface area contributed by atoms with Crippen LogP contribution in [-0.2, 0) is 0 Å². The number of hydrogen-bond donors (Lipinski definition) is 0. The second-order valence-electron chi connectivity index (χ2n) is 4.12. The molecule has 1 saturated carbocycles. The van der Waals surface area contributed by atoms with Crippen molar-refractivity contribution in [2.24, 2.45) is 5.92 Å². The fourth-order valence-corrected chi connectivity index (χ4v) is 1.62. The Morgan fingerprint density at radius 1 is 0.647 bits per heavy atom. The highest BCUT2D eigenvalue weighted by Crippen LogP contribution is 2.65. The standard InChI is InChI=1S/C8H7F9/c1-3-5(10,11)4(2,9)7(14,15)8(16,17)6(3,12)13/h3H,1-2H3/t3-,4?/m0/s1. The molecule has 0 bridgehead atoms. The highest BCUT2D eigenvalue weighted by molar-refractivity contribution is 5.20. The van der Waals surface area contributed by atoms with Gasteiger partial charge in [0.25, 0.3) is 5.92 Å². The molecule has 0 N–H and O–H groups in total. The van der Waals surface area contributed by atoms with Crippen molar-refractivity contribution in [3.63, 3.8) is 0 Å². The summed E-state index contributed by atoms with van der Waals surface area (Å²) < 4.78 is 116. The molecule has 1 aliphatic rings. The summed E-state index contributed by atoms with van der Waals surface area (Å²) in [6.07, 6.45) is 0. The maximum absolute atomic E-state index is 13.2. The molecular formula is C8H7F9. The molecule has 0 amide bonds. The van der Waals surface area contributed by atoms with Gasteiger partial charge in [0.05, 0.1) is 5.92 Å². The van der Waals surface area contributed by atoms with Crippen LogP contribution in [-0.4, -0.2) is 29.4 Å². The van der Waals surface area contributed by atoms with E-state index in [0.29, 0.717) is 0 Å². The lowest BCUT2D eigenvalue weighted by atomic mass is 9.70. The van der Waals surface area contributed by atoms with Crippen molar-refractivity contribution in [1.29, 1.82) is 0 Å². The molecule has 1 aliphatic carbocycles. The van der Waals surface area contributed by atoms with E-state index < -0.39 is 42.2 Å². The minimum Gasteiger partial charge on any atom is -0.230 e. The second-order valence-corrected chi connectivity index (χ2v) is 4.12. The molecule has 0 saturated heterocycles. The van der Waals surface area contributed by atoms with Gasteiger partial charge in [0.1, 0.15) is 0 Å². The predicted octanol–water partition coefficient (Wildman–Crippen LogP) is 3.91. The second kappa shape index (κ2) is 3.03. The van der Waals surface area contributed by atoms with E-state index in [1.165, 1.54) is 0 Å². The van der Waals surface area contributed by atoms with Crippen molar-refractivity contribution in [2.75, 3.05) is 0 Å². The van der Waals surface area contributed by atoms with Crippen LogP contribution in [0, 0.1) is 5.92 Å². The minimum absolute atomic E-state index is 0.0962. The van der Waals surface area contributed by atoms with Crippen LogP contribution in [0.25, 0.3) is 0 Å². The number of alkyl halides is 9. The van der Waals surface area contributed by atoms with Crippen LogP contribution in [0.4, 0.5) is 39.5 Å². The number of hydrogen-bond acceptors (Lipinski definition) is 0. The third-order valence-electron chi connectivity index (χ3n) is 3.12. The average molecular weight is 274 g/mol. The first-order valence-electron chi connectivity index (χ1n) is 4.36. The topological polar surface area (TPSA) is 0 Å². The first-order chi connectivity index (χ1) is 7.15. The maximum Gasteiger partial charge on any atom is 0.375 e. The normalized spacial score (nSPS) is 42.2. The van der Waals surface area contributed by atoms with Gasteiger partial charge in [-0.3, -0.25) is 0 Å². The molecule has 1 fully saturated rings. The third kappa shape index (κ3) is 1.22. The summed E-state index contributed by atoms with van der Waals surface area (Å²) >= 11 is 0. The van der Waals surface area contributed by atoms with Crippen LogP contribution < -0.4 is 0 Å². The van der Waals surface area contributed by atoms with Crippen molar-refractivity contribution in [3.8, 4) is 0 Å². The quantitative estimate of drug-likeness (QED) is 0.587. The van der Waals surface area contributed by atoms with E-state index >= 15 is 0 Å². The monoisotopic (exact) mass is 274 g/mol. The fourth-order valence-electron chi connectivity index (χ4n) is 1.62. The SMILES string of the molecule is C[C@H]1C(F)(F)C(C)(F)C(F)(F)C(F)(F)C1(F)F. The van der Waals surface area contributed by atoms with Gasteiger partial charge in [0.15, 0.2) is 0 Å². The maximum atomic E-state index is 13.2. The van der Waals surface area contributed by atoms with Crippen molar-refractivity contribution in [3.05, 3.63) is 0 Å². The van der Waals surface area contributed by atoms with E-state index in [-0.39, 0.29) is 6.92 Å². The van der Waals surface area contributed by atoms with E-state index in [1.807, 2.05) is 0 Å². The Bertz CT molecular complexity index is 300. The summed E-state index contributed by atoms with van der Waals surface area (Å²) in [6, 6.07) is 0. The number of halogens is 9. The Morgan fingerprint density at radius 2 is 1.00 bits per heavy atom. The Labute approximate surface area is 89.8 Å². The zero-order chi connectivity index (χ0) is 14.1. The van der Waals surface area contributed by atoms with E-state index in [4.69, 9.17) is 0 Å². The van der Waals surface area contributed by atoms with Gasteiger partial charge < -0.3 is 0 Å². The molecule has 102 valence electrons.